The van der Waals surface area contributed by atoms with E-state index in [2.05, 4.69) is 10.4 Å². The van der Waals surface area contributed by atoms with E-state index in [1.807, 2.05) is 47.0 Å². The van der Waals surface area contributed by atoms with Gasteiger partial charge in [0.15, 0.2) is 5.69 Å². The van der Waals surface area contributed by atoms with Crippen molar-refractivity contribution in [1.29, 1.82) is 0 Å². The smallest absolute Gasteiger partial charge is 0.274 e. The van der Waals surface area contributed by atoms with Crippen molar-refractivity contribution in [3.8, 4) is 0 Å². The zero-order valence-electron chi connectivity index (χ0n) is 14.3. The molecule has 1 saturated heterocycles. The minimum atomic E-state index is -0.0831. The molecule has 7 heteroatoms. The molecule has 0 atom stereocenters. The Labute approximate surface area is 151 Å². The number of hydrogen-bond acceptors (Lipinski definition) is 4. The highest BCUT2D eigenvalue weighted by Gasteiger charge is 2.22. The van der Waals surface area contributed by atoms with E-state index >= 15 is 0 Å². The second-order valence-corrected chi connectivity index (χ2v) is 7.20. The molecule has 2 heterocycles. The number of carbonyl (C=O) groups is 2. The number of thioether (sulfide) groups is 1. The molecule has 1 aromatic heterocycles. The molecule has 3 rings (SSSR count). The van der Waals surface area contributed by atoms with E-state index in [4.69, 9.17) is 0 Å². The summed E-state index contributed by atoms with van der Waals surface area (Å²) in [5, 5.41) is 7.11. The summed E-state index contributed by atoms with van der Waals surface area (Å²) in [5.41, 5.74) is 1.51. The van der Waals surface area contributed by atoms with Crippen molar-refractivity contribution in [2.24, 2.45) is 7.05 Å². The largest absolute Gasteiger partial charge is 0.336 e. The van der Waals surface area contributed by atoms with Crippen LogP contribution in [0.25, 0.3) is 0 Å². The van der Waals surface area contributed by atoms with Crippen LogP contribution in [-0.2, 0) is 18.3 Å². The molecule has 1 aromatic carbocycles. The molecule has 132 valence electrons. The summed E-state index contributed by atoms with van der Waals surface area (Å²) in [6, 6.07) is 11.6. The first-order chi connectivity index (χ1) is 12.1. The summed E-state index contributed by atoms with van der Waals surface area (Å²) in [7, 11) is 1.73. The topological polar surface area (TPSA) is 67.2 Å². The molecule has 0 radical (unpaired) electrons. The van der Waals surface area contributed by atoms with Gasteiger partial charge in [0, 0.05) is 44.1 Å². The number of nitrogens with zero attached hydrogens (tertiary/aromatic N) is 3. The maximum Gasteiger partial charge on any atom is 0.274 e. The fourth-order valence-electron chi connectivity index (χ4n) is 2.73. The van der Waals surface area contributed by atoms with Crippen LogP contribution in [-0.4, -0.2) is 51.1 Å². The highest BCUT2D eigenvalue weighted by Crippen LogP contribution is 2.15. The van der Waals surface area contributed by atoms with Gasteiger partial charge in [-0.1, -0.05) is 30.3 Å². The lowest BCUT2D eigenvalue weighted by Crippen LogP contribution is -2.38. The van der Waals surface area contributed by atoms with Gasteiger partial charge in [-0.15, -0.1) is 0 Å². The first-order valence-corrected chi connectivity index (χ1v) is 9.54. The van der Waals surface area contributed by atoms with Gasteiger partial charge in [0.25, 0.3) is 5.91 Å². The van der Waals surface area contributed by atoms with Crippen LogP contribution in [0.1, 0.15) is 22.5 Å². The SMILES string of the molecule is Cn1nc(C(=O)N2CCSCC2)cc1NC(=O)CCc1ccccc1. The van der Waals surface area contributed by atoms with E-state index in [1.54, 1.807) is 17.8 Å². The predicted molar refractivity (Wildman–Crippen MR) is 99.8 cm³/mol. The number of aryl methyl sites for hydroxylation is 2. The third kappa shape index (κ3) is 4.63. The Morgan fingerprint density at radius 2 is 1.92 bits per heavy atom. The highest BCUT2D eigenvalue weighted by molar-refractivity contribution is 7.99. The fourth-order valence-corrected chi connectivity index (χ4v) is 3.63. The van der Waals surface area contributed by atoms with Crippen LogP contribution in [0.5, 0.6) is 0 Å². The predicted octanol–water partition coefficient (Wildman–Crippen LogP) is 2.18. The van der Waals surface area contributed by atoms with Gasteiger partial charge in [0.1, 0.15) is 5.82 Å². The van der Waals surface area contributed by atoms with E-state index in [0.29, 0.717) is 24.4 Å². The summed E-state index contributed by atoms with van der Waals surface area (Å²) in [6.07, 6.45) is 1.07. The highest BCUT2D eigenvalue weighted by atomic mass is 32.2. The molecule has 0 saturated carbocycles. The summed E-state index contributed by atoms with van der Waals surface area (Å²) in [6.45, 7) is 1.50. The molecular formula is C18H22N4O2S. The van der Waals surface area contributed by atoms with Crippen molar-refractivity contribution in [1.82, 2.24) is 14.7 Å². The molecule has 1 fully saturated rings. The molecule has 0 unspecified atom stereocenters. The zero-order chi connectivity index (χ0) is 17.6. The average molecular weight is 358 g/mol. The van der Waals surface area contributed by atoms with Gasteiger partial charge in [0.05, 0.1) is 0 Å². The van der Waals surface area contributed by atoms with Crippen molar-refractivity contribution in [3.05, 3.63) is 47.7 Å². The number of rotatable bonds is 5. The molecule has 0 bridgehead atoms. The van der Waals surface area contributed by atoms with E-state index in [1.165, 1.54) is 0 Å². The number of carbonyl (C=O) groups excluding carboxylic acids is 2. The first-order valence-electron chi connectivity index (χ1n) is 8.38. The van der Waals surface area contributed by atoms with Gasteiger partial charge in [0.2, 0.25) is 5.91 Å². The second kappa shape index (κ2) is 8.20. The monoisotopic (exact) mass is 358 g/mol. The number of hydrogen-bond donors (Lipinski definition) is 1. The van der Waals surface area contributed by atoms with Crippen LogP contribution < -0.4 is 5.32 Å². The number of benzene rings is 1. The average Bonchev–Trinajstić information content (AvgIpc) is 3.01. The Hall–Kier alpha value is -2.28. The minimum Gasteiger partial charge on any atom is -0.336 e. The van der Waals surface area contributed by atoms with Crippen molar-refractivity contribution in [2.75, 3.05) is 29.9 Å². The number of amides is 2. The van der Waals surface area contributed by atoms with Crippen LogP contribution in [0, 0.1) is 0 Å². The van der Waals surface area contributed by atoms with Gasteiger partial charge < -0.3 is 10.2 Å². The normalized spacial score (nSPS) is 14.4. The third-order valence-electron chi connectivity index (χ3n) is 4.15. The molecular weight excluding hydrogens is 336 g/mol. The van der Waals surface area contributed by atoms with Crippen molar-refractivity contribution < 1.29 is 9.59 Å². The fraction of sp³-hybridized carbons (Fsp3) is 0.389. The Kier molecular flexibility index (Phi) is 5.75. The maximum absolute atomic E-state index is 12.5. The van der Waals surface area contributed by atoms with Gasteiger partial charge in [-0.25, -0.2) is 0 Å². The van der Waals surface area contributed by atoms with Gasteiger partial charge in [-0.3, -0.25) is 14.3 Å². The van der Waals surface area contributed by atoms with Gasteiger partial charge in [-0.05, 0) is 12.0 Å². The zero-order valence-corrected chi connectivity index (χ0v) is 15.1. The lowest BCUT2D eigenvalue weighted by Gasteiger charge is -2.25. The third-order valence-corrected chi connectivity index (χ3v) is 5.09. The lowest BCUT2D eigenvalue weighted by molar-refractivity contribution is -0.116. The van der Waals surface area contributed by atoms with E-state index in [0.717, 1.165) is 30.2 Å². The maximum atomic E-state index is 12.5. The molecule has 2 aromatic rings. The summed E-state index contributed by atoms with van der Waals surface area (Å²) in [4.78, 5) is 26.5. The molecule has 25 heavy (non-hydrogen) atoms. The number of aromatic nitrogens is 2. The van der Waals surface area contributed by atoms with Crippen molar-refractivity contribution >= 4 is 29.4 Å². The Balaban J connectivity index is 1.58. The lowest BCUT2D eigenvalue weighted by atomic mass is 10.1. The van der Waals surface area contributed by atoms with Crippen LogP contribution in [0.4, 0.5) is 5.82 Å². The molecule has 0 spiro atoms. The molecule has 1 aliphatic heterocycles. The molecule has 1 N–H and O–H groups in total. The van der Waals surface area contributed by atoms with Gasteiger partial charge >= 0.3 is 0 Å². The van der Waals surface area contributed by atoms with E-state index in [9.17, 15) is 9.59 Å². The summed E-state index contributed by atoms with van der Waals surface area (Å²) in [5.74, 6) is 2.32. The van der Waals surface area contributed by atoms with E-state index < -0.39 is 0 Å². The standard InChI is InChI=1S/C18H22N4O2S/c1-21-16(19-17(23)8-7-14-5-3-2-4-6-14)13-15(20-21)18(24)22-9-11-25-12-10-22/h2-6,13H,7-12H2,1H3,(H,19,23). The Morgan fingerprint density at radius 1 is 1.20 bits per heavy atom. The van der Waals surface area contributed by atoms with Crippen LogP contribution in [0.2, 0.25) is 0 Å². The Morgan fingerprint density at radius 3 is 2.64 bits per heavy atom. The molecule has 6 nitrogen and oxygen atoms in total. The molecule has 0 aliphatic carbocycles. The van der Waals surface area contributed by atoms with Crippen molar-refractivity contribution in [2.45, 2.75) is 12.8 Å². The Bertz CT molecular complexity index is 739. The first kappa shape index (κ1) is 17.5. The molecule has 2 amide bonds. The van der Waals surface area contributed by atoms with E-state index in [-0.39, 0.29) is 11.8 Å². The van der Waals surface area contributed by atoms with Crippen LogP contribution >= 0.6 is 11.8 Å². The van der Waals surface area contributed by atoms with Crippen LogP contribution in [0.15, 0.2) is 36.4 Å². The van der Waals surface area contributed by atoms with Crippen molar-refractivity contribution in [3.63, 3.8) is 0 Å². The molecule has 1 aliphatic rings. The number of anilines is 1. The number of nitrogens with one attached hydrogen (secondary N) is 1. The van der Waals surface area contributed by atoms with Gasteiger partial charge in [-0.2, -0.15) is 16.9 Å². The quantitative estimate of drug-likeness (QED) is 0.890. The second-order valence-electron chi connectivity index (χ2n) is 5.98. The minimum absolute atomic E-state index is 0.0688. The summed E-state index contributed by atoms with van der Waals surface area (Å²) >= 11 is 1.86. The summed E-state index contributed by atoms with van der Waals surface area (Å²) < 4.78 is 1.55. The van der Waals surface area contributed by atoms with Crippen LogP contribution in [0.3, 0.4) is 0 Å².